The van der Waals surface area contributed by atoms with Gasteiger partial charge in [0.05, 0.1) is 5.56 Å². The van der Waals surface area contributed by atoms with Gasteiger partial charge in [0.2, 0.25) is 5.89 Å². The Bertz CT molecular complexity index is 1060. The van der Waals surface area contributed by atoms with E-state index in [9.17, 15) is 23.1 Å². The van der Waals surface area contributed by atoms with E-state index < -0.39 is 30.2 Å². The van der Waals surface area contributed by atoms with Gasteiger partial charge in [-0.2, -0.15) is 13.2 Å². The molecule has 1 N–H and O–H groups in total. The molecule has 0 saturated carbocycles. The highest BCUT2D eigenvalue weighted by Gasteiger charge is 2.35. The molecular weight excluding hydrogens is 427 g/mol. The number of hydrogen-bond donors (Lipinski definition) is 1. The highest BCUT2D eigenvalue weighted by molar-refractivity contribution is 5.73. The van der Waals surface area contributed by atoms with Gasteiger partial charge in [0.15, 0.2) is 6.10 Å². The molecule has 0 aliphatic heterocycles. The van der Waals surface area contributed by atoms with Crippen LogP contribution < -0.4 is 4.74 Å². The smallest absolute Gasteiger partial charge is 0.416 e. The van der Waals surface area contributed by atoms with Crippen LogP contribution in [0.25, 0.3) is 11.5 Å². The van der Waals surface area contributed by atoms with Crippen molar-refractivity contribution in [2.75, 3.05) is 6.61 Å². The summed E-state index contributed by atoms with van der Waals surface area (Å²) in [4.78, 5) is 15.6. The Balaban J connectivity index is 1.79. The summed E-state index contributed by atoms with van der Waals surface area (Å²) in [6, 6.07) is 12.6. The molecule has 0 aliphatic carbocycles. The third kappa shape index (κ3) is 5.67. The minimum absolute atomic E-state index is 0.0204. The van der Waals surface area contributed by atoms with Gasteiger partial charge in [0, 0.05) is 18.6 Å². The molecule has 1 atom stereocenters. The quantitative estimate of drug-likeness (QED) is 0.479. The number of halogens is 3. The van der Waals surface area contributed by atoms with Crippen molar-refractivity contribution in [3.8, 4) is 17.2 Å². The van der Waals surface area contributed by atoms with E-state index in [1.807, 2.05) is 30.3 Å². The molecule has 9 heteroatoms. The van der Waals surface area contributed by atoms with Crippen LogP contribution >= 0.6 is 0 Å². The minimum atomic E-state index is -4.69. The zero-order valence-corrected chi connectivity index (χ0v) is 17.5. The summed E-state index contributed by atoms with van der Waals surface area (Å²) < 4.78 is 57.1. The second-order valence-corrected chi connectivity index (χ2v) is 6.98. The summed E-state index contributed by atoms with van der Waals surface area (Å²) in [5, 5.41) is 9.19. The third-order valence-electron chi connectivity index (χ3n) is 4.72. The van der Waals surface area contributed by atoms with Crippen LogP contribution in [0, 0.1) is 6.92 Å². The Labute approximate surface area is 182 Å². The molecule has 0 fully saturated rings. The van der Waals surface area contributed by atoms with Crippen LogP contribution in [0.3, 0.4) is 0 Å². The third-order valence-corrected chi connectivity index (χ3v) is 4.72. The molecular formula is C23H22F3NO5. The molecule has 0 amide bonds. The van der Waals surface area contributed by atoms with E-state index in [2.05, 4.69) is 4.98 Å². The van der Waals surface area contributed by atoms with Gasteiger partial charge in [-0.3, -0.25) is 0 Å². The fraction of sp³-hybridized carbons (Fsp3) is 0.304. The number of carboxylic acid groups (broad SMARTS) is 1. The molecule has 2 aromatic carbocycles. The first-order valence-electron chi connectivity index (χ1n) is 9.88. The lowest BCUT2D eigenvalue weighted by Gasteiger charge is -2.18. The van der Waals surface area contributed by atoms with E-state index in [1.54, 1.807) is 13.8 Å². The van der Waals surface area contributed by atoms with Crippen LogP contribution in [-0.2, 0) is 28.7 Å². The summed E-state index contributed by atoms with van der Waals surface area (Å²) in [6.45, 7) is 3.26. The summed E-state index contributed by atoms with van der Waals surface area (Å²) in [6.07, 6.45) is -6.47. The van der Waals surface area contributed by atoms with Crippen LogP contribution in [0.5, 0.6) is 5.75 Å². The summed E-state index contributed by atoms with van der Waals surface area (Å²) >= 11 is 0. The molecule has 0 aliphatic rings. The van der Waals surface area contributed by atoms with E-state index in [4.69, 9.17) is 13.9 Å². The molecule has 3 rings (SSSR count). The molecule has 0 saturated heterocycles. The number of carboxylic acids is 1. The molecule has 170 valence electrons. The number of benzene rings is 2. The molecule has 0 radical (unpaired) electrons. The fourth-order valence-electron chi connectivity index (χ4n) is 3.12. The number of nitrogens with zero attached hydrogens (tertiary/aromatic N) is 1. The second kappa shape index (κ2) is 9.86. The predicted octanol–water partition coefficient (Wildman–Crippen LogP) is 5.28. The largest absolute Gasteiger partial charge is 0.487 e. The maximum absolute atomic E-state index is 13.6. The summed E-state index contributed by atoms with van der Waals surface area (Å²) in [5.74, 6) is -0.453. The fourth-order valence-corrected chi connectivity index (χ4v) is 3.12. The van der Waals surface area contributed by atoms with Gasteiger partial charge in [0.25, 0.3) is 0 Å². The van der Waals surface area contributed by atoms with Crippen molar-refractivity contribution >= 4 is 5.97 Å². The number of aliphatic carboxylic acids is 1. The lowest BCUT2D eigenvalue weighted by atomic mass is 10.0. The van der Waals surface area contributed by atoms with E-state index in [0.717, 1.165) is 11.6 Å². The lowest BCUT2D eigenvalue weighted by Crippen LogP contribution is -2.27. The topological polar surface area (TPSA) is 81.8 Å². The first-order valence-corrected chi connectivity index (χ1v) is 9.88. The van der Waals surface area contributed by atoms with Gasteiger partial charge in [-0.1, -0.05) is 24.3 Å². The van der Waals surface area contributed by atoms with Crippen molar-refractivity contribution in [2.24, 2.45) is 0 Å². The van der Waals surface area contributed by atoms with Crippen LogP contribution in [0.1, 0.15) is 29.5 Å². The van der Waals surface area contributed by atoms with Crippen LogP contribution in [0.15, 0.2) is 52.9 Å². The van der Waals surface area contributed by atoms with Crippen molar-refractivity contribution < 1.29 is 37.0 Å². The zero-order chi connectivity index (χ0) is 23.3. The Kier molecular flexibility index (Phi) is 7.19. The van der Waals surface area contributed by atoms with Gasteiger partial charge < -0.3 is 19.0 Å². The highest BCUT2D eigenvalue weighted by atomic mass is 19.4. The van der Waals surface area contributed by atoms with Gasteiger partial charge >= 0.3 is 12.1 Å². The Hall–Kier alpha value is -3.33. The van der Waals surface area contributed by atoms with E-state index in [1.165, 1.54) is 12.1 Å². The van der Waals surface area contributed by atoms with E-state index >= 15 is 0 Å². The lowest BCUT2D eigenvalue weighted by molar-refractivity contribution is -0.150. The number of alkyl halides is 3. The Morgan fingerprint density at radius 3 is 2.53 bits per heavy atom. The first kappa shape index (κ1) is 23.3. The molecule has 6 nitrogen and oxygen atoms in total. The number of aromatic nitrogens is 1. The number of hydrogen-bond acceptors (Lipinski definition) is 5. The Morgan fingerprint density at radius 1 is 1.19 bits per heavy atom. The number of ether oxygens (including phenoxy) is 2. The molecule has 1 aromatic heterocycles. The number of aryl methyl sites for hydroxylation is 1. The van der Waals surface area contributed by atoms with Crippen molar-refractivity contribution in [1.29, 1.82) is 0 Å². The van der Waals surface area contributed by atoms with Crippen molar-refractivity contribution in [3.63, 3.8) is 0 Å². The standard InChI is InChI=1S/C23H22F3NO5/c1-3-30-20(22(28)29)11-16-9-10-17(12-18(16)23(24,25)26)31-13-19-14(2)32-21(27-19)15-7-5-4-6-8-15/h4-10,12,20H,3,11,13H2,1-2H3,(H,28,29)/t20-/m0/s1. The van der Waals surface area contributed by atoms with E-state index in [0.29, 0.717) is 17.3 Å². The average Bonchev–Trinajstić information content (AvgIpc) is 3.13. The molecule has 3 aromatic rings. The molecule has 0 spiro atoms. The van der Waals surface area contributed by atoms with Crippen molar-refractivity contribution in [3.05, 3.63) is 71.1 Å². The highest BCUT2D eigenvalue weighted by Crippen LogP contribution is 2.35. The summed E-state index contributed by atoms with van der Waals surface area (Å²) in [5.41, 5.74) is 0.0779. The van der Waals surface area contributed by atoms with Crippen molar-refractivity contribution in [1.82, 2.24) is 4.98 Å². The van der Waals surface area contributed by atoms with Crippen molar-refractivity contribution in [2.45, 2.75) is 39.2 Å². The molecule has 1 heterocycles. The van der Waals surface area contributed by atoms with Gasteiger partial charge in [-0.15, -0.1) is 0 Å². The second-order valence-electron chi connectivity index (χ2n) is 6.98. The van der Waals surface area contributed by atoms with E-state index in [-0.39, 0.29) is 24.5 Å². The number of rotatable bonds is 9. The van der Waals surface area contributed by atoms with Gasteiger partial charge in [-0.25, -0.2) is 9.78 Å². The van der Waals surface area contributed by atoms with Crippen LogP contribution in [0.2, 0.25) is 0 Å². The SMILES string of the molecule is CCO[C@@H](Cc1ccc(OCc2nc(-c3ccccc3)oc2C)cc1C(F)(F)F)C(=O)O. The molecule has 0 unspecified atom stereocenters. The molecule has 0 bridgehead atoms. The Morgan fingerprint density at radius 2 is 1.91 bits per heavy atom. The number of oxazole rings is 1. The predicted molar refractivity (Wildman–Crippen MR) is 109 cm³/mol. The van der Waals surface area contributed by atoms with Gasteiger partial charge in [-0.05, 0) is 43.7 Å². The average molecular weight is 449 g/mol. The normalized spacial score (nSPS) is 12.5. The molecule has 32 heavy (non-hydrogen) atoms. The van der Waals surface area contributed by atoms with Crippen LogP contribution in [0.4, 0.5) is 13.2 Å². The summed E-state index contributed by atoms with van der Waals surface area (Å²) in [7, 11) is 0. The first-order chi connectivity index (χ1) is 15.2. The monoisotopic (exact) mass is 449 g/mol. The minimum Gasteiger partial charge on any atom is -0.487 e. The zero-order valence-electron chi connectivity index (χ0n) is 17.5. The number of carbonyl (C=O) groups is 1. The maximum atomic E-state index is 13.6. The van der Waals surface area contributed by atoms with Crippen LogP contribution in [-0.4, -0.2) is 28.8 Å². The van der Waals surface area contributed by atoms with Gasteiger partial charge in [0.1, 0.15) is 23.8 Å². The maximum Gasteiger partial charge on any atom is 0.416 e.